The standard InChI is InChI=1S/C14H27N3O2/c1-10(2)13(9-19-6)17-7-11(3)15-14(17)16-12(4)8-18-5/h7,10,12-13H,8-9H2,1-6H3,(H,15,16). The summed E-state index contributed by atoms with van der Waals surface area (Å²) >= 11 is 0. The first kappa shape index (κ1) is 16.0. The fraction of sp³-hybridized carbons (Fsp3) is 0.786. The van der Waals surface area contributed by atoms with Crippen molar-refractivity contribution in [2.24, 2.45) is 5.92 Å². The monoisotopic (exact) mass is 269 g/mol. The maximum atomic E-state index is 5.34. The first-order chi connectivity index (χ1) is 8.99. The van der Waals surface area contributed by atoms with Gasteiger partial charge in [-0.25, -0.2) is 4.98 Å². The number of ether oxygens (including phenoxy) is 2. The van der Waals surface area contributed by atoms with Crippen LogP contribution in [0.15, 0.2) is 6.20 Å². The van der Waals surface area contributed by atoms with Gasteiger partial charge in [0.05, 0.1) is 24.9 Å². The molecular formula is C14H27N3O2. The maximum absolute atomic E-state index is 5.34. The van der Waals surface area contributed by atoms with Crippen molar-refractivity contribution < 1.29 is 9.47 Å². The van der Waals surface area contributed by atoms with E-state index in [9.17, 15) is 0 Å². The molecule has 2 unspecified atom stereocenters. The van der Waals surface area contributed by atoms with Crippen molar-refractivity contribution in [3.8, 4) is 0 Å². The lowest BCUT2D eigenvalue weighted by atomic mass is 10.1. The Morgan fingerprint density at radius 1 is 1.21 bits per heavy atom. The second kappa shape index (κ2) is 7.50. The third kappa shape index (κ3) is 4.51. The van der Waals surface area contributed by atoms with Gasteiger partial charge >= 0.3 is 0 Å². The van der Waals surface area contributed by atoms with Gasteiger partial charge in [0.1, 0.15) is 0 Å². The highest BCUT2D eigenvalue weighted by Gasteiger charge is 2.20. The summed E-state index contributed by atoms with van der Waals surface area (Å²) in [5.41, 5.74) is 1.01. The van der Waals surface area contributed by atoms with Crippen LogP contribution in [0.25, 0.3) is 0 Å². The normalized spacial score (nSPS) is 14.7. The van der Waals surface area contributed by atoms with Crippen LogP contribution >= 0.6 is 0 Å². The molecular weight excluding hydrogens is 242 g/mol. The molecule has 0 aliphatic carbocycles. The van der Waals surface area contributed by atoms with Crippen LogP contribution < -0.4 is 5.32 Å². The molecule has 1 rings (SSSR count). The largest absolute Gasteiger partial charge is 0.383 e. The Kier molecular flexibility index (Phi) is 6.31. The van der Waals surface area contributed by atoms with Gasteiger partial charge in [-0.2, -0.15) is 0 Å². The van der Waals surface area contributed by atoms with E-state index in [0.717, 1.165) is 11.6 Å². The molecule has 110 valence electrons. The number of hydrogen-bond donors (Lipinski definition) is 1. The molecule has 0 aliphatic heterocycles. The van der Waals surface area contributed by atoms with Gasteiger partial charge in [-0.3, -0.25) is 0 Å². The Balaban J connectivity index is 2.92. The molecule has 0 amide bonds. The smallest absolute Gasteiger partial charge is 0.203 e. The van der Waals surface area contributed by atoms with Crippen LogP contribution in [0.4, 0.5) is 5.95 Å². The zero-order chi connectivity index (χ0) is 14.4. The number of anilines is 1. The summed E-state index contributed by atoms with van der Waals surface area (Å²) in [4.78, 5) is 4.56. The molecule has 0 saturated heterocycles. The average molecular weight is 269 g/mol. The molecule has 1 aromatic heterocycles. The van der Waals surface area contributed by atoms with Gasteiger partial charge in [0.25, 0.3) is 0 Å². The minimum absolute atomic E-state index is 0.223. The summed E-state index contributed by atoms with van der Waals surface area (Å²) in [6.07, 6.45) is 2.07. The van der Waals surface area contributed by atoms with Gasteiger partial charge < -0.3 is 19.4 Å². The van der Waals surface area contributed by atoms with Crippen LogP contribution in [-0.2, 0) is 9.47 Å². The minimum Gasteiger partial charge on any atom is -0.383 e. The van der Waals surface area contributed by atoms with Gasteiger partial charge in [0.2, 0.25) is 5.95 Å². The minimum atomic E-state index is 0.223. The lowest BCUT2D eigenvalue weighted by molar-refractivity contribution is 0.134. The molecule has 5 nitrogen and oxygen atoms in total. The first-order valence-electron chi connectivity index (χ1n) is 6.79. The molecule has 0 fully saturated rings. The van der Waals surface area contributed by atoms with E-state index >= 15 is 0 Å². The Bertz CT molecular complexity index is 377. The molecule has 5 heteroatoms. The third-order valence-corrected chi connectivity index (χ3v) is 3.11. The second-order valence-electron chi connectivity index (χ2n) is 5.38. The van der Waals surface area contributed by atoms with Gasteiger partial charge in [-0.1, -0.05) is 13.8 Å². The van der Waals surface area contributed by atoms with E-state index in [1.807, 2.05) is 6.92 Å². The molecule has 0 bridgehead atoms. The first-order valence-corrected chi connectivity index (χ1v) is 6.79. The highest BCUT2D eigenvalue weighted by atomic mass is 16.5. The third-order valence-electron chi connectivity index (χ3n) is 3.11. The van der Waals surface area contributed by atoms with Gasteiger partial charge in [-0.05, 0) is 19.8 Å². The van der Waals surface area contributed by atoms with Crippen molar-refractivity contribution in [3.63, 3.8) is 0 Å². The van der Waals surface area contributed by atoms with E-state index < -0.39 is 0 Å². The summed E-state index contributed by atoms with van der Waals surface area (Å²) in [6, 6.07) is 0.504. The maximum Gasteiger partial charge on any atom is 0.203 e. The van der Waals surface area contributed by atoms with E-state index in [4.69, 9.17) is 9.47 Å². The lowest BCUT2D eigenvalue weighted by Crippen LogP contribution is -2.26. The predicted octanol–water partition coefficient (Wildman–Crippen LogP) is 2.48. The molecule has 2 atom stereocenters. The lowest BCUT2D eigenvalue weighted by Gasteiger charge is -2.25. The summed E-state index contributed by atoms with van der Waals surface area (Å²) < 4.78 is 12.7. The van der Waals surface area contributed by atoms with Gasteiger partial charge in [0.15, 0.2) is 0 Å². The van der Waals surface area contributed by atoms with E-state index in [0.29, 0.717) is 19.1 Å². The summed E-state index contributed by atoms with van der Waals surface area (Å²) in [5.74, 6) is 1.37. The van der Waals surface area contributed by atoms with Crippen LogP contribution in [0, 0.1) is 12.8 Å². The Labute approximate surface area is 116 Å². The molecule has 0 aromatic carbocycles. The van der Waals surface area contributed by atoms with Gasteiger partial charge in [-0.15, -0.1) is 0 Å². The topological polar surface area (TPSA) is 48.3 Å². The van der Waals surface area contributed by atoms with Crippen LogP contribution in [0.5, 0.6) is 0 Å². The molecule has 0 saturated carbocycles. The van der Waals surface area contributed by atoms with Crippen LogP contribution in [0.3, 0.4) is 0 Å². The number of nitrogens with zero attached hydrogens (tertiary/aromatic N) is 2. The predicted molar refractivity (Wildman–Crippen MR) is 77.7 cm³/mol. The van der Waals surface area contributed by atoms with Crippen LogP contribution in [0.2, 0.25) is 0 Å². The van der Waals surface area contributed by atoms with Crippen molar-refractivity contribution >= 4 is 5.95 Å². The number of nitrogens with one attached hydrogen (secondary N) is 1. The molecule has 1 aromatic rings. The Hall–Kier alpha value is -1.07. The summed E-state index contributed by atoms with van der Waals surface area (Å²) in [7, 11) is 3.44. The van der Waals surface area contributed by atoms with Crippen molar-refractivity contribution in [2.75, 3.05) is 32.8 Å². The molecule has 1 N–H and O–H groups in total. The van der Waals surface area contributed by atoms with Crippen LogP contribution in [-0.4, -0.2) is 43.0 Å². The fourth-order valence-electron chi connectivity index (χ4n) is 2.15. The highest BCUT2D eigenvalue weighted by molar-refractivity contribution is 5.31. The zero-order valence-electron chi connectivity index (χ0n) is 12.9. The van der Waals surface area contributed by atoms with E-state index in [-0.39, 0.29) is 12.1 Å². The van der Waals surface area contributed by atoms with Gasteiger partial charge in [0, 0.05) is 26.5 Å². The number of hydrogen-bond acceptors (Lipinski definition) is 4. The summed E-state index contributed by atoms with van der Waals surface area (Å²) in [5, 5.41) is 3.40. The number of aromatic nitrogens is 2. The molecule has 0 spiro atoms. The van der Waals surface area contributed by atoms with E-state index in [2.05, 4.69) is 41.8 Å². The fourth-order valence-corrected chi connectivity index (χ4v) is 2.15. The highest BCUT2D eigenvalue weighted by Crippen LogP contribution is 2.23. The number of imidazole rings is 1. The second-order valence-corrected chi connectivity index (χ2v) is 5.38. The number of methoxy groups -OCH3 is 2. The van der Waals surface area contributed by atoms with Crippen LogP contribution in [0.1, 0.15) is 32.5 Å². The molecule has 1 heterocycles. The Morgan fingerprint density at radius 3 is 2.37 bits per heavy atom. The van der Waals surface area contributed by atoms with E-state index in [1.165, 1.54) is 0 Å². The van der Waals surface area contributed by atoms with Crippen molar-refractivity contribution in [1.29, 1.82) is 0 Å². The number of aryl methyl sites for hydroxylation is 1. The quantitative estimate of drug-likeness (QED) is 0.787. The van der Waals surface area contributed by atoms with Crippen molar-refractivity contribution in [2.45, 2.75) is 39.8 Å². The van der Waals surface area contributed by atoms with E-state index in [1.54, 1.807) is 14.2 Å². The average Bonchev–Trinajstić information content (AvgIpc) is 2.66. The zero-order valence-corrected chi connectivity index (χ0v) is 12.9. The van der Waals surface area contributed by atoms with Crippen molar-refractivity contribution in [1.82, 2.24) is 9.55 Å². The summed E-state index contributed by atoms with van der Waals surface area (Å²) in [6.45, 7) is 9.82. The van der Waals surface area contributed by atoms with Crippen molar-refractivity contribution in [3.05, 3.63) is 11.9 Å². The Morgan fingerprint density at radius 2 is 1.84 bits per heavy atom. The molecule has 0 aliphatic rings. The number of rotatable bonds is 8. The molecule has 0 radical (unpaired) electrons. The molecule has 19 heavy (non-hydrogen) atoms. The SMILES string of the molecule is COCC(C)Nc1nc(C)cn1C(COC)C(C)C.